The minimum absolute atomic E-state index is 0. The topological polar surface area (TPSA) is 92.5 Å². The first-order chi connectivity index (χ1) is 12.4. The molecule has 1 heterocycles. The Labute approximate surface area is 171 Å². The first-order valence-electron chi connectivity index (χ1n) is 8.57. The second kappa shape index (κ2) is 10.8. The fraction of sp³-hybridized carbons (Fsp3) is 0.389. The molecule has 1 aromatic heterocycles. The van der Waals surface area contributed by atoms with Crippen LogP contribution in [0.25, 0.3) is 0 Å². The van der Waals surface area contributed by atoms with E-state index in [1.807, 2.05) is 44.2 Å². The van der Waals surface area contributed by atoms with Crippen LogP contribution in [0.5, 0.6) is 0 Å². The van der Waals surface area contributed by atoms with E-state index in [1.165, 1.54) is 15.6 Å². The van der Waals surface area contributed by atoms with Crippen LogP contribution in [0.2, 0.25) is 0 Å². The molecular formula is C18H26ClN3O3S2. The number of halogens is 1. The minimum atomic E-state index is -3.43. The van der Waals surface area contributed by atoms with Gasteiger partial charge in [0.05, 0.1) is 0 Å². The molecule has 27 heavy (non-hydrogen) atoms. The number of benzene rings is 1. The average molecular weight is 432 g/mol. The van der Waals surface area contributed by atoms with Crippen molar-refractivity contribution >= 4 is 39.7 Å². The Kier molecular flexibility index (Phi) is 9.41. The minimum Gasteiger partial charge on any atom is -0.354 e. The molecule has 1 aromatic carbocycles. The molecule has 0 saturated carbocycles. The van der Waals surface area contributed by atoms with Crippen molar-refractivity contribution in [3.05, 3.63) is 52.9 Å². The lowest BCUT2D eigenvalue weighted by Crippen LogP contribution is -2.35. The summed E-state index contributed by atoms with van der Waals surface area (Å²) >= 11 is 1.24. The summed E-state index contributed by atoms with van der Waals surface area (Å²) in [6.07, 6.45) is 0.561. The van der Waals surface area contributed by atoms with Crippen LogP contribution in [-0.2, 0) is 21.2 Å². The molecule has 0 bridgehead atoms. The largest absolute Gasteiger partial charge is 0.354 e. The van der Waals surface area contributed by atoms with E-state index in [-0.39, 0.29) is 18.3 Å². The Morgan fingerprint density at radius 3 is 2.37 bits per heavy atom. The number of carbonyl (C=O) groups excluding carboxylic acids is 1. The molecule has 0 aliphatic heterocycles. The molecule has 0 saturated heterocycles. The van der Waals surface area contributed by atoms with Crippen molar-refractivity contribution in [3.8, 4) is 0 Å². The molecule has 0 spiro atoms. The van der Waals surface area contributed by atoms with Crippen LogP contribution < -0.4 is 11.1 Å². The Hall–Kier alpha value is -1.45. The molecule has 0 aliphatic rings. The Morgan fingerprint density at radius 2 is 1.78 bits per heavy atom. The third-order valence-corrected chi connectivity index (χ3v) is 7.71. The van der Waals surface area contributed by atoms with Crippen LogP contribution in [-0.4, -0.2) is 38.3 Å². The van der Waals surface area contributed by atoms with Crippen LogP contribution in [0.3, 0.4) is 0 Å². The lowest BCUT2D eigenvalue weighted by molar-refractivity contribution is -0.122. The molecule has 2 aromatic rings. The van der Waals surface area contributed by atoms with Crippen molar-refractivity contribution in [2.45, 2.75) is 30.5 Å². The second-order valence-corrected chi connectivity index (χ2v) is 9.07. The van der Waals surface area contributed by atoms with Gasteiger partial charge in [-0.3, -0.25) is 4.79 Å². The maximum Gasteiger partial charge on any atom is 0.252 e. The van der Waals surface area contributed by atoms with Crippen molar-refractivity contribution in [2.75, 3.05) is 19.6 Å². The predicted octanol–water partition coefficient (Wildman–Crippen LogP) is 2.56. The summed E-state index contributed by atoms with van der Waals surface area (Å²) in [6.45, 7) is 4.94. The Morgan fingerprint density at radius 1 is 1.15 bits per heavy atom. The quantitative estimate of drug-likeness (QED) is 0.638. The number of nitrogens with two attached hydrogens (primary N) is 1. The number of nitrogens with zero attached hydrogens (tertiary/aromatic N) is 1. The van der Waals surface area contributed by atoms with E-state index in [0.717, 1.165) is 10.4 Å². The van der Waals surface area contributed by atoms with Gasteiger partial charge in [-0.25, -0.2) is 8.42 Å². The van der Waals surface area contributed by atoms with Crippen LogP contribution in [0.4, 0.5) is 0 Å². The van der Waals surface area contributed by atoms with E-state index in [9.17, 15) is 13.2 Å². The zero-order chi connectivity index (χ0) is 19.2. The number of hydrogen-bond acceptors (Lipinski definition) is 5. The summed E-state index contributed by atoms with van der Waals surface area (Å²) in [5.41, 5.74) is 6.71. The molecule has 9 heteroatoms. The fourth-order valence-corrected chi connectivity index (χ4v) is 5.52. The van der Waals surface area contributed by atoms with Gasteiger partial charge in [-0.1, -0.05) is 44.2 Å². The third-order valence-electron chi connectivity index (χ3n) is 4.05. The number of hydrogen-bond donors (Lipinski definition) is 2. The lowest BCUT2D eigenvalue weighted by Gasteiger charge is -2.16. The molecule has 0 radical (unpaired) electrons. The first kappa shape index (κ1) is 23.6. The number of rotatable bonds is 9. The van der Waals surface area contributed by atoms with Gasteiger partial charge in [-0.05, 0) is 24.1 Å². The molecule has 3 N–H and O–H groups in total. The predicted molar refractivity (Wildman–Crippen MR) is 112 cm³/mol. The summed E-state index contributed by atoms with van der Waals surface area (Å²) in [6, 6.07) is 11.9. The van der Waals surface area contributed by atoms with Gasteiger partial charge < -0.3 is 11.1 Å². The van der Waals surface area contributed by atoms with Crippen LogP contribution in [0.15, 0.2) is 46.7 Å². The number of nitrogens with one attached hydrogen (secondary N) is 1. The number of sulfonamides is 1. The average Bonchev–Trinajstić information content (AvgIpc) is 3.12. The number of thiophene rings is 1. The first-order valence-corrected chi connectivity index (χ1v) is 10.8. The molecule has 1 amide bonds. The highest BCUT2D eigenvalue weighted by atomic mass is 35.5. The van der Waals surface area contributed by atoms with E-state index < -0.39 is 16.1 Å². The summed E-state index contributed by atoms with van der Waals surface area (Å²) in [5.74, 6) is -0.247. The van der Waals surface area contributed by atoms with Crippen LogP contribution in [0.1, 0.15) is 30.3 Å². The molecule has 1 atom stereocenters. The van der Waals surface area contributed by atoms with Gasteiger partial charge in [0.2, 0.25) is 5.91 Å². The van der Waals surface area contributed by atoms with Gasteiger partial charge >= 0.3 is 0 Å². The molecule has 6 nitrogen and oxygen atoms in total. The standard InChI is InChI=1S/C18H25N3O3S2.ClH/c1-3-21(4-2)26(23,24)16-11-10-15(25-16)12-13-20-18(22)17(19)14-8-6-5-7-9-14;/h5-11,17H,3-4,12-13,19H2,1-2H3,(H,20,22);1H. The lowest BCUT2D eigenvalue weighted by atomic mass is 10.1. The number of amides is 1. The highest BCUT2D eigenvalue weighted by Gasteiger charge is 2.23. The normalized spacial score (nSPS) is 12.4. The molecule has 1 unspecified atom stereocenters. The SMILES string of the molecule is CCN(CC)S(=O)(=O)c1ccc(CCNC(=O)C(N)c2ccccc2)s1.Cl. The van der Waals surface area contributed by atoms with E-state index in [0.29, 0.717) is 30.3 Å². The zero-order valence-electron chi connectivity index (χ0n) is 15.4. The molecule has 150 valence electrons. The summed E-state index contributed by atoms with van der Waals surface area (Å²) in [4.78, 5) is 13.0. The van der Waals surface area contributed by atoms with Crippen molar-refractivity contribution < 1.29 is 13.2 Å². The fourth-order valence-electron chi connectivity index (χ4n) is 2.55. The smallest absolute Gasteiger partial charge is 0.252 e. The molecule has 0 aliphatic carbocycles. The zero-order valence-corrected chi connectivity index (χ0v) is 17.9. The van der Waals surface area contributed by atoms with Gasteiger partial charge in [0.15, 0.2) is 0 Å². The van der Waals surface area contributed by atoms with Crippen molar-refractivity contribution in [1.82, 2.24) is 9.62 Å². The van der Waals surface area contributed by atoms with Gasteiger partial charge in [0, 0.05) is 24.5 Å². The van der Waals surface area contributed by atoms with Gasteiger partial charge in [-0.2, -0.15) is 4.31 Å². The molecule has 0 fully saturated rings. The van der Waals surface area contributed by atoms with Gasteiger partial charge in [-0.15, -0.1) is 23.7 Å². The maximum atomic E-state index is 12.5. The van der Waals surface area contributed by atoms with Crippen molar-refractivity contribution in [3.63, 3.8) is 0 Å². The second-order valence-electron chi connectivity index (χ2n) is 5.74. The molecular weight excluding hydrogens is 406 g/mol. The van der Waals surface area contributed by atoms with Crippen molar-refractivity contribution in [1.29, 1.82) is 0 Å². The van der Waals surface area contributed by atoms with E-state index in [4.69, 9.17) is 5.73 Å². The van der Waals surface area contributed by atoms with Crippen LogP contribution in [0, 0.1) is 0 Å². The highest BCUT2D eigenvalue weighted by Crippen LogP contribution is 2.25. The summed E-state index contributed by atoms with van der Waals surface area (Å²) in [5, 5.41) is 2.81. The van der Waals surface area contributed by atoms with Crippen LogP contribution >= 0.6 is 23.7 Å². The third kappa shape index (κ3) is 6.02. The van der Waals surface area contributed by atoms with Gasteiger partial charge in [0.1, 0.15) is 10.3 Å². The van der Waals surface area contributed by atoms with Crippen molar-refractivity contribution in [2.24, 2.45) is 5.73 Å². The maximum absolute atomic E-state index is 12.5. The van der Waals surface area contributed by atoms with E-state index in [1.54, 1.807) is 12.1 Å². The van der Waals surface area contributed by atoms with Gasteiger partial charge in [0.25, 0.3) is 10.0 Å². The summed E-state index contributed by atoms with van der Waals surface area (Å²) < 4.78 is 26.7. The monoisotopic (exact) mass is 431 g/mol. The Balaban J connectivity index is 0.00000364. The Bertz CT molecular complexity index is 821. The van der Waals surface area contributed by atoms with E-state index >= 15 is 0 Å². The van der Waals surface area contributed by atoms with E-state index in [2.05, 4.69) is 5.32 Å². The summed E-state index contributed by atoms with van der Waals surface area (Å²) in [7, 11) is -3.43. The highest BCUT2D eigenvalue weighted by molar-refractivity contribution is 7.91. The molecule has 2 rings (SSSR count). The number of carbonyl (C=O) groups is 1.